The lowest BCUT2D eigenvalue weighted by Gasteiger charge is -2.55. The molecular weight excluding hydrogens is 308 g/mol. The third kappa shape index (κ3) is 2.51. The van der Waals surface area contributed by atoms with Crippen molar-refractivity contribution in [3.63, 3.8) is 0 Å². The van der Waals surface area contributed by atoms with E-state index in [9.17, 15) is 4.79 Å². The summed E-state index contributed by atoms with van der Waals surface area (Å²) in [5, 5.41) is 4.55. The summed E-state index contributed by atoms with van der Waals surface area (Å²) in [6.45, 7) is 2.21. The van der Waals surface area contributed by atoms with Crippen molar-refractivity contribution in [1.29, 1.82) is 0 Å². The molecule has 4 fully saturated rings. The summed E-state index contributed by atoms with van der Waals surface area (Å²) in [5.74, 6) is 2.71. The number of amides is 1. The van der Waals surface area contributed by atoms with Crippen molar-refractivity contribution in [3.8, 4) is 0 Å². The molecule has 2 N–H and O–H groups in total. The van der Waals surface area contributed by atoms with Gasteiger partial charge < -0.3 is 10.3 Å². The van der Waals surface area contributed by atoms with Gasteiger partial charge in [0, 0.05) is 22.8 Å². The Labute approximate surface area is 149 Å². The molecular formula is C22H28N2O. The van der Waals surface area contributed by atoms with E-state index in [1.165, 1.54) is 30.2 Å². The Bertz CT molecular complexity index is 783. The van der Waals surface area contributed by atoms with E-state index in [-0.39, 0.29) is 5.41 Å². The quantitative estimate of drug-likeness (QED) is 0.784. The number of aryl methyl sites for hydroxylation is 1. The SMILES string of the molecule is CCCc1c[nH]c2ccc(NC(=O)C34CC5CC(CC(C5)C3)C4)cc12. The van der Waals surface area contributed by atoms with Crippen molar-refractivity contribution in [2.45, 2.75) is 58.3 Å². The van der Waals surface area contributed by atoms with Crippen LogP contribution in [-0.2, 0) is 11.2 Å². The second-order valence-electron chi connectivity index (χ2n) is 8.98. The van der Waals surface area contributed by atoms with Gasteiger partial charge in [-0.1, -0.05) is 13.3 Å². The minimum Gasteiger partial charge on any atom is -0.361 e. The molecule has 25 heavy (non-hydrogen) atoms. The fourth-order valence-electron chi connectivity index (χ4n) is 6.38. The Kier molecular flexibility index (Phi) is 3.48. The van der Waals surface area contributed by atoms with E-state index in [1.54, 1.807) is 0 Å². The minimum atomic E-state index is -0.0753. The number of rotatable bonds is 4. The first-order valence-corrected chi connectivity index (χ1v) is 10.1. The van der Waals surface area contributed by atoms with Crippen LogP contribution in [0.2, 0.25) is 0 Å². The molecule has 2 aromatic rings. The van der Waals surface area contributed by atoms with Crippen LogP contribution in [0, 0.1) is 23.2 Å². The lowest BCUT2D eigenvalue weighted by molar-refractivity contribution is -0.140. The molecule has 0 saturated heterocycles. The molecule has 6 rings (SSSR count). The van der Waals surface area contributed by atoms with E-state index in [2.05, 4.69) is 35.6 Å². The maximum Gasteiger partial charge on any atom is 0.230 e. The van der Waals surface area contributed by atoms with Gasteiger partial charge in [-0.2, -0.15) is 0 Å². The lowest BCUT2D eigenvalue weighted by atomic mass is 9.49. The Morgan fingerprint density at radius 1 is 1.16 bits per heavy atom. The van der Waals surface area contributed by atoms with Gasteiger partial charge in [0.05, 0.1) is 5.41 Å². The average molecular weight is 336 g/mol. The highest BCUT2D eigenvalue weighted by atomic mass is 16.2. The molecule has 3 nitrogen and oxygen atoms in total. The van der Waals surface area contributed by atoms with Crippen molar-refractivity contribution < 1.29 is 4.79 Å². The molecule has 4 bridgehead atoms. The Balaban J connectivity index is 1.40. The summed E-state index contributed by atoms with van der Waals surface area (Å²) in [7, 11) is 0. The van der Waals surface area contributed by atoms with Gasteiger partial charge in [0.1, 0.15) is 0 Å². The molecule has 0 radical (unpaired) electrons. The molecule has 3 heteroatoms. The van der Waals surface area contributed by atoms with Crippen LogP contribution in [-0.4, -0.2) is 10.9 Å². The number of carbonyl (C=O) groups excluding carboxylic acids is 1. The smallest absolute Gasteiger partial charge is 0.230 e. The number of carbonyl (C=O) groups is 1. The number of anilines is 1. The van der Waals surface area contributed by atoms with Gasteiger partial charge >= 0.3 is 0 Å². The molecule has 1 amide bonds. The second-order valence-corrected chi connectivity index (χ2v) is 8.98. The van der Waals surface area contributed by atoms with E-state index in [1.807, 2.05) is 6.07 Å². The molecule has 1 heterocycles. The van der Waals surface area contributed by atoms with Crippen LogP contribution in [0.5, 0.6) is 0 Å². The third-order valence-electron chi connectivity index (χ3n) is 7.06. The minimum absolute atomic E-state index is 0.0753. The van der Waals surface area contributed by atoms with Crippen LogP contribution in [0.4, 0.5) is 5.69 Å². The number of hydrogen-bond acceptors (Lipinski definition) is 1. The number of aromatic nitrogens is 1. The predicted molar refractivity (Wildman–Crippen MR) is 102 cm³/mol. The van der Waals surface area contributed by atoms with E-state index < -0.39 is 0 Å². The van der Waals surface area contributed by atoms with E-state index in [0.29, 0.717) is 5.91 Å². The fraction of sp³-hybridized carbons (Fsp3) is 0.591. The molecule has 132 valence electrons. The van der Waals surface area contributed by atoms with Crippen molar-refractivity contribution >= 4 is 22.5 Å². The van der Waals surface area contributed by atoms with Gasteiger partial charge in [-0.15, -0.1) is 0 Å². The second kappa shape index (κ2) is 5.62. The summed E-state index contributed by atoms with van der Waals surface area (Å²) in [4.78, 5) is 16.6. The summed E-state index contributed by atoms with van der Waals surface area (Å²) >= 11 is 0. The van der Waals surface area contributed by atoms with Gasteiger partial charge in [-0.05, 0) is 86.5 Å². The number of hydrogen-bond donors (Lipinski definition) is 2. The number of benzene rings is 1. The number of nitrogens with one attached hydrogen (secondary N) is 2. The lowest BCUT2D eigenvalue weighted by Crippen LogP contribution is -2.51. The van der Waals surface area contributed by atoms with E-state index in [4.69, 9.17) is 0 Å². The molecule has 0 aliphatic heterocycles. The molecule has 1 aromatic carbocycles. The van der Waals surface area contributed by atoms with Gasteiger partial charge in [0.2, 0.25) is 5.91 Å². The van der Waals surface area contributed by atoms with Crippen LogP contribution in [0.25, 0.3) is 10.9 Å². The Hall–Kier alpha value is -1.77. The van der Waals surface area contributed by atoms with E-state index in [0.717, 1.165) is 61.1 Å². The van der Waals surface area contributed by atoms with Crippen LogP contribution in [0.3, 0.4) is 0 Å². The van der Waals surface area contributed by atoms with Gasteiger partial charge in [-0.3, -0.25) is 4.79 Å². The van der Waals surface area contributed by atoms with Crippen molar-refractivity contribution in [1.82, 2.24) is 4.98 Å². The number of fused-ring (bicyclic) bond motifs is 1. The molecule has 4 saturated carbocycles. The molecule has 4 aliphatic rings. The standard InChI is InChI=1S/C22H28N2O/c1-2-3-17-13-23-20-5-4-18(9-19(17)20)24-21(25)22-10-14-6-15(11-22)8-16(7-14)12-22/h4-5,9,13-16,23H,2-3,6-8,10-12H2,1H3,(H,24,25). The van der Waals surface area contributed by atoms with Crippen molar-refractivity contribution in [2.24, 2.45) is 23.2 Å². The first kappa shape index (κ1) is 15.5. The van der Waals surface area contributed by atoms with Crippen LogP contribution < -0.4 is 5.32 Å². The predicted octanol–water partition coefficient (Wildman–Crippen LogP) is 5.28. The maximum absolute atomic E-state index is 13.2. The maximum atomic E-state index is 13.2. The van der Waals surface area contributed by atoms with E-state index >= 15 is 0 Å². The molecule has 0 unspecified atom stereocenters. The summed E-state index contributed by atoms with van der Waals surface area (Å²) in [5.41, 5.74) is 3.40. The average Bonchev–Trinajstić information content (AvgIpc) is 2.96. The highest BCUT2D eigenvalue weighted by molar-refractivity contribution is 5.98. The summed E-state index contributed by atoms with van der Waals surface area (Å²) in [6, 6.07) is 6.31. The molecule has 1 aromatic heterocycles. The topological polar surface area (TPSA) is 44.9 Å². The van der Waals surface area contributed by atoms with Crippen LogP contribution in [0.1, 0.15) is 57.4 Å². The van der Waals surface area contributed by atoms with Gasteiger partial charge in [0.25, 0.3) is 0 Å². The normalized spacial score (nSPS) is 33.1. The van der Waals surface area contributed by atoms with Gasteiger partial charge in [0.15, 0.2) is 0 Å². The number of aromatic amines is 1. The van der Waals surface area contributed by atoms with Crippen LogP contribution in [0.15, 0.2) is 24.4 Å². The monoisotopic (exact) mass is 336 g/mol. The Morgan fingerprint density at radius 3 is 2.48 bits per heavy atom. The third-order valence-corrected chi connectivity index (χ3v) is 7.06. The zero-order valence-corrected chi connectivity index (χ0v) is 15.1. The first-order valence-electron chi connectivity index (χ1n) is 10.1. The molecule has 0 spiro atoms. The van der Waals surface area contributed by atoms with Gasteiger partial charge in [-0.25, -0.2) is 0 Å². The van der Waals surface area contributed by atoms with Crippen molar-refractivity contribution in [2.75, 3.05) is 5.32 Å². The highest BCUT2D eigenvalue weighted by Gasteiger charge is 2.54. The van der Waals surface area contributed by atoms with Crippen LogP contribution >= 0.6 is 0 Å². The fourth-order valence-corrected chi connectivity index (χ4v) is 6.38. The molecule has 4 aliphatic carbocycles. The highest BCUT2D eigenvalue weighted by Crippen LogP contribution is 2.60. The zero-order valence-electron chi connectivity index (χ0n) is 15.1. The summed E-state index contributed by atoms with van der Waals surface area (Å²) in [6.07, 6.45) is 11.8. The number of H-pyrrole nitrogens is 1. The largest absolute Gasteiger partial charge is 0.361 e. The first-order chi connectivity index (χ1) is 12.1. The van der Waals surface area contributed by atoms with Crippen molar-refractivity contribution in [3.05, 3.63) is 30.0 Å². The zero-order chi connectivity index (χ0) is 17.0. The summed E-state index contributed by atoms with van der Waals surface area (Å²) < 4.78 is 0. The Morgan fingerprint density at radius 2 is 1.84 bits per heavy atom. The molecule has 0 atom stereocenters.